The molecule has 1 saturated heterocycles. The zero-order chi connectivity index (χ0) is 14.0. The number of benzene rings is 1. The summed E-state index contributed by atoms with van der Waals surface area (Å²) in [6.45, 7) is 6.46. The SMILES string of the molecule is CCC1CCC(C)N1C(C)C(=O)c1ccc(Cl)cc1. The predicted octanol–water partition coefficient (Wildman–Crippen LogP) is 4.17. The van der Waals surface area contributed by atoms with Crippen LogP contribution in [0.1, 0.15) is 50.4 Å². The van der Waals surface area contributed by atoms with Crippen molar-refractivity contribution in [3.05, 3.63) is 34.9 Å². The van der Waals surface area contributed by atoms with Gasteiger partial charge in [0.2, 0.25) is 0 Å². The van der Waals surface area contributed by atoms with E-state index in [9.17, 15) is 4.79 Å². The highest BCUT2D eigenvalue weighted by Gasteiger charge is 2.35. The van der Waals surface area contributed by atoms with Crippen molar-refractivity contribution in [2.75, 3.05) is 0 Å². The molecule has 1 aliphatic heterocycles. The summed E-state index contributed by atoms with van der Waals surface area (Å²) < 4.78 is 0. The Morgan fingerprint density at radius 1 is 1.37 bits per heavy atom. The molecule has 3 unspecified atom stereocenters. The molecule has 19 heavy (non-hydrogen) atoms. The highest BCUT2D eigenvalue weighted by atomic mass is 35.5. The molecule has 3 atom stereocenters. The van der Waals surface area contributed by atoms with Crippen LogP contribution in [0.3, 0.4) is 0 Å². The number of ketones is 1. The molecule has 3 heteroatoms. The van der Waals surface area contributed by atoms with E-state index in [4.69, 9.17) is 11.6 Å². The number of Topliss-reactive ketones (excluding diaryl/α,β-unsaturated/α-hetero) is 1. The first-order valence-corrected chi connectivity index (χ1v) is 7.49. The van der Waals surface area contributed by atoms with E-state index in [-0.39, 0.29) is 11.8 Å². The molecule has 0 bridgehead atoms. The number of carbonyl (C=O) groups is 1. The van der Waals surface area contributed by atoms with E-state index in [1.807, 2.05) is 19.1 Å². The molecule has 0 amide bonds. The van der Waals surface area contributed by atoms with Gasteiger partial charge < -0.3 is 0 Å². The van der Waals surface area contributed by atoms with Crippen molar-refractivity contribution in [1.29, 1.82) is 0 Å². The van der Waals surface area contributed by atoms with Crippen LogP contribution in [0.4, 0.5) is 0 Å². The Kier molecular flexibility index (Phi) is 4.64. The van der Waals surface area contributed by atoms with Crippen LogP contribution < -0.4 is 0 Å². The molecule has 0 aromatic heterocycles. The fourth-order valence-corrected chi connectivity index (χ4v) is 3.32. The summed E-state index contributed by atoms with van der Waals surface area (Å²) in [6, 6.07) is 8.20. The first-order valence-electron chi connectivity index (χ1n) is 7.11. The van der Waals surface area contributed by atoms with E-state index in [0.717, 1.165) is 12.0 Å². The Bertz CT molecular complexity index is 443. The monoisotopic (exact) mass is 279 g/mol. The molecule has 1 aromatic carbocycles. The normalized spacial score (nSPS) is 25.5. The van der Waals surface area contributed by atoms with Gasteiger partial charge in [-0.2, -0.15) is 0 Å². The lowest BCUT2D eigenvalue weighted by atomic mass is 10.0. The van der Waals surface area contributed by atoms with Crippen molar-refractivity contribution in [3.8, 4) is 0 Å². The highest BCUT2D eigenvalue weighted by Crippen LogP contribution is 2.29. The van der Waals surface area contributed by atoms with Gasteiger partial charge in [-0.1, -0.05) is 18.5 Å². The van der Waals surface area contributed by atoms with Crippen molar-refractivity contribution < 1.29 is 4.79 Å². The largest absolute Gasteiger partial charge is 0.292 e. The fraction of sp³-hybridized carbons (Fsp3) is 0.562. The van der Waals surface area contributed by atoms with Crippen LogP contribution in [0.2, 0.25) is 5.02 Å². The fourth-order valence-electron chi connectivity index (χ4n) is 3.20. The van der Waals surface area contributed by atoms with E-state index in [0.29, 0.717) is 17.1 Å². The zero-order valence-corrected chi connectivity index (χ0v) is 12.7. The Labute approximate surface area is 120 Å². The van der Waals surface area contributed by atoms with Crippen LogP contribution >= 0.6 is 11.6 Å². The number of likely N-dealkylation sites (tertiary alicyclic amines) is 1. The van der Waals surface area contributed by atoms with E-state index >= 15 is 0 Å². The zero-order valence-electron chi connectivity index (χ0n) is 11.9. The average Bonchev–Trinajstić information content (AvgIpc) is 2.79. The second-order valence-corrected chi connectivity index (χ2v) is 5.92. The minimum Gasteiger partial charge on any atom is -0.292 e. The summed E-state index contributed by atoms with van der Waals surface area (Å²) in [5, 5.41) is 0.671. The lowest BCUT2D eigenvalue weighted by Crippen LogP contribution is -2.45. The minimum atomic E-state index is -0.0522. The van der Waals surface area contributed by atoms with Crippen LogP contribution in [-0.4, -0.2) is 28.8 Å². The Balaban J connectivity index is 2.16. The molecule has 0 radical (unpaired) electrons. The Morgan fingerprint density at radius 2 is 2.00 bits per heavy atom. The molecule has 0 aliphatic carbocycles. The summed E-state index contributed by atoms with van der Waals surface area (Å²) in [7, 11) is 0. The van der Waals surface area contributed by atoms with Gasteiger partial charge in [-0.25, -0.2) is 0 Å². The second-order valence-electron chi connectivity index (χ2n) is 5.48. The van der Waals surface area contributed by atoms with Gasteiger partial charge in [0.15, 0.2) is 5.78 Å². The van der Waals surface area contributed by atoms with Crippen LogP contribution in [0.5, 0.6) is 0 Å². The van der Waals surface area contributed by atoms with Crippen molar-refractivity contribution in [1.82, 2.24) is 4.90 Å². The minimum absolute atomic E-state index is 0.0522. The molecule has 1 aliphatic rings. The smallest absolute Gasteiger partial charge is 0.179 e. The Hall–Kier alpha value is -0.860. The summed E-state index contributed by atoms with van der Waals surface area (Å²) in [6.07, 6.45) is 3.51. The third-order valence-corrected chi connectivity index (χ3v) is 4.53. The third kappa shape index (κ3) is 3.01. The van der Waals surface area contributed by atoms with Crippen molar-refractivity contribution in [2.45, 2.75) is 58.2 Å². The molecule has 0 N–H and O–H groups in total. The quantitative estimate of drug-likeness (QED) is 0.771. The van der Waals surface area contributed by atoms with E-state index in [1.54, 1.807) is 12.1 Å². The molecular formula is C16H22ClNO. The van der Waals surface area contributed by atoms with Gasteiger partial charge in [-0.05, 0) is 57.4 Å². The molecule has 104 valence electrons. The number of halogens is 1. The summed E-state index contributed by atoms with van der Waals surface area (Å²) >= 11 is 5.87. The van der Waals surface area contributed by atoms with Gasteiger partial charge in [0.25, 0.3) is 0 Å². The van der Waals surface area contributed by atoms with Gasteiger partial charge >= 0.3 is 0 Å². The maximum absolute atomic E-state index is 12.6. The van der Waals surface area contributed by atoms with Crippen LogP contribution in [-0.2, 0) is 0 Å². The molecule has 2 rings (SSSR count). The molecule has 0 saturated carbocycles. The standard InChI is InChI=1S/C16H22ClNO/c1-4-15-10-5-11(2)18(15)12(3)16(19)13-6-8-14(17)9-7-13/h6-9,11-12,15H,4-5,10H2,1-3H3. The summed E-state index contributed by atoms with van der Waals surface area (Å²) in [5.41, 5.74) is 0.755. The van der Waals surface area contributed by atoms with Gasteiger partial charge in [0, 0.05) is 22.7 Å². The molecule has 0 spiro atoms. The van der Waals surface area contributed by atoms with E-state index < -0.39 is 0 Å². The third-order valence-electron chi connectivity index (χ3n) is 4.27. The number of carbonyl (C=O) groups excluding carboxylic acids is 1. The summed E-state index contributed by atoms with van der Waals surface area (Å²) in [5.74, 6) is 0.198. The van der Waals surface area contributed by atoms with E-state index in [2.05, 4.69) is 18.7 Å². The van der Waals surface area contributed by atoms with Gasteiger partial charge in [0.1, 0.15) is 0 Å². The lowest BCUT2D eigenvalue weighted by Gasteiger charge is -2.33. The number of hydrogen-bond donors (Lipinski definition) is 0. The van der Waals surface area contributed by atoms with Crippen molar-refractivity contribution in [3.63, 3.8) is 0 Å². The first-order chi connectivity index (χ1) is 9.04. The predicted molar refractivity (Wildman–Crippen MR) is 79.9 cm³/mol. The van der Waals surface area contributed by atoms with Crippen LogP contribution in [0.25, 0.3) is 0 Å². The molecule has 2 nitrogen and oxygen atoms in total. The maximum Gasteiger partial charge on any atom is 0.179 e. The molecule has 1 aromatic rings. The van der Waals surface area contributed by atoms with Gasteiger partial charge in [-0.3, -0.25) is 9.69 Å². The number of rotatable bonds is 4. The Morgan fingerprint density at radius 3 is 2.58 bits per heavy atom. The average molecular weight is 280 g/mol. The highest BCUT2D eigenvalue weighted by molar-refractivity contribution is 6.30. The molecule has 1 fully saturated rings. The van der Waals surface area contributed by atoms with Gasteiger partial charge in [0.05, 0.1) is 6.04 Å². The second kappa shape index (κ2) is 6.06. The van der Waals surface area contributed by atoms with Crippen LogP contribution in [0.15, 0.2) is 24.3 Å². The van der Waals surface area contributed by atoms with Crippen molar-refractivity contribution >= 4 is 17.4 Å². The topological polar surface area (TPSA) is 20.3 Å². The number of nitrogens with zero attached hydrogens (tertiary/aromatic N) is 1. The first kappa shape index (κ1) is 14.5. The molecule has 1 heterocycles. The number of hydrogen-bond acceptors (Lipinski definition) is 2. The van der Waals surface area contributed by atoms with Crippen LogP contribution in [0, 0.1) is 0 Å². The van der Waals surface area contributed by atoms with Gasteiger partial charge in [-0.15, -0.1) is 0 Å². The maximum atomic E-state index is 12.6. The lowest BCUT2D eigenvalue weighted by molar-refractivity contribution is 0.0755. The van der Waals surface area contributed by atoms with E-state index in [1.165, 1.54) is 12.8 Å². The summed E-state index contributed by atoms with van der Waals surface area (Å²) in [4.78, 5) is 15.0. The molecular weight excluding hydrogens is 258 g/mol. The van der Waals surface area contributed by atoms with Crippen molar-refractivity contribution in [2.24, 2.45) is 0 Å².